The summed E-state index contributed by atoms with van der Waals surface area (Å²) in [7, 11) is 0. The van der Waals surface area contributed by atoms with E-state index in [0.29, 0.717) is 6.42 Å². The van der Waals surface area contributed by atoms with Gasteiger partial charge in [-0.2, -0.15) is 0 Å². The van der Waals surface area contributed by atoms with E-state index >= 15 is 0 Å². The van der Waals surface area contributed by atoms with E-state index in [0.717, 1.165) is 19.3 Å². The summed E-state index contributed by atoms with van der Waals surface area (Å²) in [5.74, 6) is -1.79. The Balaban J connectivity index is 1.95. The number of carbonyl (C=O) groups is 1. The van der Waals surface area contributed by atoms with Gasteiger partial charge < -0.3 is 20.4 Å². The second-order valence-corrected chi connectivity index (χ2v) is 9.87. The zero-order valence-electron chi connectivity index (χ0n) is 15.3. The van der Waals surface area contributed by atoms with Crippen LogP contribution >= 0.6 is 0 Å². The highest BCUT2D eigenvalue weighted by Crippen LogP contribution is 2.70. The third-order valence-electron chi connectivity index (χ3n) is 8.49. The second-order valence-electron chi connectivity index (χ2n) is 9.87. The first kappa shape index (κ1) is 17.7. The van der Waals surface area contributed by atoms with Gasteiger partial charge in [0.05, 0.1) is 29.8 Å². The molecule has 9 atom stereocenters. The summed E-state index contributed by atoms with van der Waals surface area (Å²) in [5.41, 5.74) is -1.73. The van der Waals surface area contributed by atoms with E-state index in [4.69, 9.17) is 0 Å². The average Bonchev–Trinajstić information content (AvgIpc) is 2.66. The maximum atomic E-state index is 13.2. The molecule has 140 valence electrons. The van der Waals surface area contributed by atoms with Crippen LogP contribution in [-0.2, 0) is 4.79 Å². The van der Waals surface area contributed by atoms with Crippen LogP contribution in [0.15, 0.2) is 12.2 Å². The lowest BCUT2D eigenvalue weighted by Crippen LogP contribution is -2.72. The predicted octanol–water partition coefficient (Wildman–Crippen LogP) is 1.04. The topological polar surface area (TPSA) is 98.0 Å². The number of carbonyl (C=O) groups excluding carboxylic acids is 1. The van der Waals surface area contributed by atoms with Crippen molar-refractivity contribution in [1.82, 2.24) is 0 Å². The zero-order valence-corrected chi connectivity index (χ0v) is 15.3. The molecule has 0 heterocycles. The van der Waals surface area contributed by atoms with E-state index in [1.165, 1.54) is 0 Å². The van der Waals surface area contributed by atoms with Crippen molar-refractivity contribution >= 4 is 5.78 Å². The number of rotatable bonds is 0. The van der Waals surface area contributed by atoms with Gasteiger partial charge in [-0.15, -0.1) is 0 Å². The van der Waals surface area contributed by atoms with Gasteiger partial charge in [-0.3, -0.25) is 4.79 Å². The number of fused-ring (bicyclic) bond motifs is 3. The molecule has 0 amide bonds. The molecule has 2 bridgehead atoms. The third kappa shape index (κ3) is 1.76. The largest absolute Gasteiger partial charge is 0.392 e. The van der Waals surface area contributed by atoms with Crippen molar-refractivity contribution in [1.29, 1.82) is 0 Å². The summed E-state index contributed by atoms with van der Waals surface area (Å²) in [6.07, 6.45) is -1.32. The number of ketones is 1. The average molecular weight is 350 g/mol. The minimum absolute atomic E-state index is 0.0271. The maximum absolute atomic E-state index is 13.2. The van der Waals surface area contributed by atoms with Gasteiger partial charge in [0.2, 0.25) is 0 Å². The van der Waals surface area contributed by atoms with Crippen LogP contribution in [0.5, 0.6) is 0 Å². The first-order valence-corrected chi connectivity index (χ1v) is 9.47. The number of hydrogen-bond donors (Lipinski definition) is 4. The van der Waals surface area contributed by atoms with Gasteiger partial charge in [0.15, 0.2) is 5.78 Å². The minimum atomic E-state index is -1.43. The molecule has 4 saturated carbocycles. The fourth-order valence-electron chi connectivity index (χ4n) is 7.50. The standard InChI is InChI=1S/C20H30O5/c1-9-12-13(22)14(23)15-19(4)7-5-6-18(2,3)10(19)8-11(21)20(15,16(9)24)17(12)25/h10-15,17,21-23,25H,1,5-8H2,2-4H3. The van der Waals surface area contributed by atoms with Gasteiger partial charge >= 0.3 is 0 Å². The predicted molar refractivity (Wildman–Crippen MR) is 91.4 cm³/mol. The lowest BCUT2D eigenvalue weighted by molar-refractivity contribution is -0.270. The lowest BCUT2D eigenvalue weighted by atomic mass is 9.39. The van der Waals surface area contributed by atoms with Crippen LogP contribution in [0.2, 0.25) is 0 Å². The fourth-order valence-corrected chi connectivity index (χ4v) is 7.50. The lowest BCUT2D eigenvalue weighted by Gasteiger charge is -2.66. The molecule has 4 aliphatic carbocycles. The summed E-state index contributed by atoms with van der Waals surface area (Å²) in [6.45, 7) is 10.2. The monoisotopic (exact) mass is 350 g/mol. The van der Waals surface area contributed by atoms with E-state index in [1.54, 1.807) is 0 Å². The zero-order chi connectivity index (χ0) is 18.5. The van der Waals surface area contributed by atoms with Crippen LogP contribution in [0.25, 0.3) is 0 Å². The van der Waals surface area contributed by atoms with Gasteiger partial charge in [0.1, 0.15) is 0 Å². The van der Waals surface area contributed by atoms with Crippen molar-refractivity contribution in [2.75, 3.05) is 0 Å². The van der Waals surface area contributed by atoms with Gasteiger partial charge in [0, 0.05) is 11.8 Å². The molecule has 4 fully saturated rings. The van der Waals surface area contributed by atoms with Crippen LogP contribution in [0.3, 0.4) is 0 Å². The number of aliphatic hydroxyl groups excluding tert-OH is 4. The van der Waals surface area contributed by atoms with Crippen molar-refractivity contribution in [3.63, 3.8) is 0 Å². The first-order chi connectivity index (χ1) is 11.5. The third-order valence-corrected chi connectivity index (χ3v) is 8.49. The molecule has 4 rings (SSSR count). The van der Waals surface area contributed by atoms with E-state index < -0.39 is 47.1 Å². The molecule has 4 N–H and O–H groups in total. The van der Waals surface area contributed by atoms with E-state index in [2.05, 4.69) is 27.4 Å². The molecule has 5 heteroatoms. The highest BCUT2D eigenvalue weighted by atomic mass is 16.3. The van der Waals surface area contributed by atoms with Crippen molar-refractivity contribution in [3.8, 4) is 0 Å². The van der Waals surface area contributed by atoms with E-state index in [-0.39, 0.29) is 22.7 Å². The summed E-state index contributed by atoms with van der Waals surface area (Å²) < 4.78 is 0. The van der Waals surface area contributed by atoms with E-state index in [9.17, 15) is 25.2 Å². The van der Waals surface area contributed by atoms with Crippen LogP contribution in [0.1, 0.15) is 46.5 Å². The van der Waals surface area contributed by atoms with Crippen LogP contribution in [0.4, 0.5) is 0 Å². The van der Waals surface area contributed by atoms with Gasteiger partial charge in [0.25, 0.3) is 0 Å². The maximum Gasteiger partial charge on any atom is 0.170 e. The van der Waals surface area contributed by atoms with Crippen LogP contribution < -0.4 is 0 Å². The molecule has 0 aromatic rings. The quantitative estimate of drug-likeness (QED) is 0.489. The Kier molecular flexibility index (Phi) is 3.49. The smallest absolute Gasteiger partial charge is 0.170 e. The molecule has 9 unspecified atom stereocenters. The molecular weight excluding hydrogens is 320 g/mol. The molecule has 0 aromatic heterocycles. The molecule has 0 radical (unpaired) electrons. The molecule has 0 saturated heterocycles. The molecule has 25 heavy (non-hydrogen) atoms. The Morgan fingerprint density at radius 1 is 1.04 bits per heavy atom. The first-order valence-electron chi connectivity index (χ1n) is 9.47. The van der Waals surface area contributed by atoms with Crippen LogP contribution in [0, 0.1) is 34.0 Å². The Bertz CT molecular complexity index is 642. The summed E-state index contributed by atoms with van der Waals surface area (Å²) in [4.78, 5) is 13.2. The molecule has 5 nitrogen and oxygen atoms in total. The Morgan fingerprint density at radius 2 is 1.68 bits per heavy atom. The van der Waals surface area contributed by atoms with Gasteiger partial charge in [-0.25, -0.2) is 0 Å². The minimum Gasteiger partial charge on any atom is -0.392 e. The summed E-state index contributed by atoms with van der Waals surface area (Å²) in [5, 5.41) is 43.8. The Morgan fingerprint density at radius 3 is 2.32 bits per heavy atom. The van der Waals surface area contributed by atoms with Crippen molar-refractivity contribution < 1.29 is 25.2 Å². The Labute approximate surface area is 148 Å². The van der Waals surface area contributed by atoms with Crippen LogP contribution in [-0.4, -0.2) is 50.6 Å². The van der Waals surface area contributed by atoms with Gasteiger partial charge in [-0.05, 0) is 41.6 Å². The normalized spacial score (nSPS) is 57.2. The molecule has 0 aliphatic heterocycles. The van der Waals surface area contributed by atoms with Crippen molar-refractivity contribution in [3.05, 3.63) is 12.2 Å². The SMILES string of the molecule is C=C1C(=O)C23C(O)CC4C(C)(C)CCCC4(C)C2C(O)C(O)C1C3O. The second kappa shape index (κ2) is 4.94. The highest BCUT2D eigenvalue weighted by Gasteiger charge is 2.77. The summed E-state index contributed by atoms with van der Waals surface area (Å²) >= 11 is 0. The van der Waals surface area contributed by atoms with Gasteiger partial charge in [-0.1, -0.05) is 33.8 Å². The highest BCUT2D eigenvalue weighted by molar-refractivity contribution is 6.04. The number of hydrogen-bond acceptors (Lipinski definition) is 5. The number of Topliss-reactive ketones (excluding diaryl/α,β-unsaturated/α-hetero) is 1. The molecule has 1 spiro atoms. The number of aliphatic hydroxyl groups is 4. The molecule has 0 aromatic carbocycles. The fraction of sp³-hybridized carbons (Fsp3) is 0.850. The molecule has 4 aliphatic rings. The Hall–Kier alpha value is -0.750. The van der Waals surface area contributed by atoms with E-state index in [1.807, 2.05) is 0 Å². The van der Waals surface area contributed by atoms with Crippen molar-refractivity contribution in [2.24, 2.45) is 34.0 Å². The van der Waals surface area contributed by atoms with Crippen molar-refractivity contribution in [2.45, 2.75) is 70.9 Å². The molecular formula is C20H30O5. The summed E-state index contributed by atoms with van der Waals surface area (Å²) in [6, 6.07) is 0.